The first-order valence-corrected chi connectivity index (χ1v) is 6.39. The summed E-state index contributed by atoms with van der Waals surface area (Å²) in [6.07, 6.45) is -4.69. The van der Waals surface area contributed by atoms with Crippen molar-refractivity contribution in [3.8, 4) is 11.1 Å². The summed E-state index contributed by atoms with van der Waals surface area (Å²) in [6, 6.07) is 7.20. The summed E-state index contributed by atoms with van der Waals surface area (Å²) in [6.45, 7) is 0. The number of nitrogens with zero attached hydrogens (tertiary/aromatic N) is 1. The van der Waals surface area contributed by atoms with Crippen LogP contribution in [0.15, 0.2) is 42.5 Å². The number of rotatable bonds is 1. The minimum atomic E-state index is -4.69. The van der Waals surface area contributed by atoms with E-state index in [0.29, 0.717) is 11.5 Å². The fourth-order valence-corrected chi connectivity index (χ4v) is 2.27. The fraction of sp³-hybridized carbons (Fsp3) is 0.0625. The number of aromatic nitrogens is 1. The number of halogens is 6. The molecule has 0 aliphatic carbocycles. The zero-order valence-corrected chi connectivity index (χ0v) is 11.3. The second kappa shape index (κ2) is 5.26. The molecule has 3 aromatic rings. The molecule has 0 bridgehead atoms. The third kappa shape index (κ3) is 2.74. The van der Waals surface area contributed by atoms with E-state index in [-0.39, 0.29) is 11.1 Å². The van der Waals surface area contributed by atoms with E-state index in [1.165, 1.54) is 24.3 Å². The van der Waals surface area contributed by atoms with Crippen molar-refractivity contribution in [3.05, 3.63) is 65.6 Å². The highest BCUT2D eigenvalue weighted by atomic mass is 19.4. The van der Waals surface area contributed by atoms with Crippen LogP contribution in [-0.2, 0) is 6.18 Å². The van der Waals surface area contributed by atoms with E-state index in [1.807, 2.05) is 0 Å². The number of benzene rings is 2. The minimum Gasteiger partial charge on any atom is -0.243 e. The van der Waals surface area contributed by atoms with E-state index in [0.717, 1.165) is 12.1 Å². The van der Waals surface area contributed by atoms with Crippen LogP contribution in [0.4, 0.5) is 26.3 Å². The standard InChI is InChI=1S/C16H7F6N/c17-9-6-11(14(19)12(18)7-9)10-3-1-2-8-4-5-13(16(20,21)22)23-15(8)10/h1-7H. The van der Waals surface area contributed by atoms with Crippen molar-refractivity contribution in [1.82, 2.24) is 4.98 Å². The molecular formula is C16H7F6N. The predicted molar refractivity (Wildman–Crippen MR) is 72.1 cm³/mol. The van der Waals surface area contributed by atoms with E-state index in [1.54, 1.807) is 0 Å². The maximum Gasteiger partial charge on any atom is 0.433 e. The molecule has 0 aliphatic heterocycles. The smallest absolute Gasteiger partial charge is 0.243 e. The van der Waals surface area contributed by atoms with Gasteiger partial charge in [-0.1, -0.05) is 24.3 Å². The van der Waals surface area contributed by atoms with Gasteiger partial charge in [0.05, 0.1) is 5.52 Å². The van der Waals surface area contributed by atoms with E-state index < -0.39 is 34.9 Å². The molecule has 0 spiro atoms. The topological polar surface area (TPSA) is 12.9 Å². The Balaban J connectivity index is 2.34. The molecule has 0 saturated heterocycles. The van der Waals surface area contributed by atoms with Gasteiger partial charge in [0.15, 0.2) is 11.6 Å². The average Bonchev–Trinajstić information content (AvgIpc) is 2.49. The quantitative estimate of drug-likeness (QED) is 0.434. The van der Waals surface area contributed by atoms with Gasteiger partial charge in [-0.25, -0.2) is 18.2 Å². The Bertz CT molecular complexity index is 901. The summed E-state index contributed by atoms with van der Waals surface area (Å²) < 4.78 is 79.1. The molecule has 0 saturated carbocycles. The third-order valence-corrected chi connectivity index (χ3v) is 3.29. The molecule has 7 heteroatoms. The number of hydrogen-bond acceptors (Lipinski definition) is 1. The molecule has 0 radical (unpaired) electrons. The minimum absolute atomic E-state index is 0.121. The number of alkyl halides is 3. The van der Waals surface area contributed by atoms with Crippen molar-refractivity contribution in [1.29, 1.82) is 0 Å². The highest BCUT2D eigenvalue weighted by Gasteiger charge is 2.32. The summed E-state index contributed by atoms with van der Waals surface area (Å²) in [5.41, 5.74) is -1.97. The molecule has 0 N–H and O–H groups in total. The molecule has 0 unspecified atom stereocenters. The van der Waals surface area contributed by atoms with Crippen LogP contribution in [0.25, 0.3) is 22.0 Å². The van der Waals surface area contributed by atoms with Crippen molar-refractivity contribution in [2.75, 3.05) is 0 Å². The molecule has 1 nitrogen and oxygen atoms in total. The monoisotopic (exact) mass is 327 g/mol. The molecule has 1 heterocycles. The van der Waals surface area contributed by atoms with Gasteiger partial charge in [-0.2, -0.15) is 13.2 Å². The molecule has 2 aromatic carbocycles. The Morgan fingerprint density at radius 3 is 2.26 bits per heavy atom. The number of hydrogen-bond donors (Lipinski definition) is 0. The van der Waals surface area contributed by atoms with Crippen LogP contribution in [0, 0.1) is 17.5 Å². The maximum absolute atomic E-state index is 13.9. The lowest BCUT2D eigenvalue weighted by atomic mass is 10.0. The van der Waals surface area contributed by atoms with Crippen molar-refractivity contribution < 1.29 is 26.3 Å². The van der Waals surface area contributed by atoms with Crippen molar-refractivity contribution >= 4 is 10.9 Å². The van der Waals surface area contributed by atoms with Crippen LogP contribution in [0.3, 0.4) is 0 Å². The van der Waals surface area contributed by atoms with E-state index >= 15 is 0 Å². The van der Waals surface area contributed by atoms with E-state index in [9.17, 15) is 26.3 Å². The zero-order valence-electron chi connectivity index (χ0n) is 11.3. The molecule has 0 aliphatic rings. The Kier molecular flexibility index (Phi) is 3.50. The van der Waals surface area contributed by atoms with Crippen molar-refractivity contribution in [2.45, 2.75) is 6.18 Å². The zero-order chi connectivity index (χ0) is 16.8. The number of pyridine rings is 1. The Morgan fingerprint density at radius 2 is 1.57 bits per heavy atom. The summed E-state index contributed by atoms with van der Waals surface area (Å²) in [7, 11) is 0. The van der Waals surface area contributed by atoms with Gasteiger partial charge in [0, 0.05) is 22.6 Å². The SMILES string of the molecule is Fc1cc(F)c(F)c(-c2cccc3ccc(C(F)(F)F)nc23)c1. The van der Waals surface area contributed by atoms with Gasteiger partial charge in [0.2, 0.25) is 0 Å². The largest absolute Gasteiger partial charge is 0.433 e. The Labute approximate surface area is 126 Å². The molecule has 1 aromatic heterocycles. The molecule has 0 fully saturated rings. The molecule has 3 rings (SSSR count). The molecule has 23 heavy (non-hydrogen) atoms. The Hall–Kier alpha value is -2.57. The van der Waals surface area contributed by atoms with E-state index in [4.69, 9.17) is 0 Å². The van der Waals surface area contributed by atoms with Crippen LogP contribution in [0.1, 0.15) is 5.69 Å². The van der Waals surface area contributed by atoms with Crippen LogP contribution in [0.2, 0.25) is 0 Å². The number of para-hydroxylation sites is 1. The number of fused-ring (bicyclic) bond motifs is 1. The van der Waals surface area contributed by atoms with Crippen LogP contribution < -0.4 is 0 Å². The third-order valence-electron chi connectivity index (χ3n) is 3.29. The van der Waals surface area contributed by atoms with Gasteiger partial charge in [-0.15, -0.1) is 0 Å². The summed E-state index contributed by atoms with van der Waals surface area (Å²) >= 11 is 0. The Morgan fingerprint density at radius 1 is 0.826 bits per heavy atom. The molecule has 0 amide bonds. The molecule has 0 atom stereocenters. The summed E-state index contributed by atoms with van der Waals surface area (Å²) in [5.74, 6) is -3.81. The lowest BCUT2D eigenvalue weighted by Crippen LogP contribution is -2.08. The molecular weight excluding hydrogens is 320 g/mol. The summed E-state index contributed by atoms with van der Waals surface area (Å²) in [4.78, 5) is 3.49. The maximum atomic E-state index is 13.9. The van der Waals surface area contributed by atoms with Crippen molar-refractivity contribution in [3.63, 3.8) is 0 Å². The van der Waals surface area contributed by atoms with E-state index in [2.05, 4.69) is 4.98 Å². The van der Waals surface area contributed by atoms with Crippen LogP contribution in [0.5, 0.6) is 0 Å². The van der Waals surface area contributed by atoms with Crippen LogP contribution in [-0.4, -0.2) is 4.98 Å². The normalized spacial score (nSPS) is 11.9. The first-order chi connectivity index (χ1) is 10.8. The fourth-order valence-electron chi connectivity index (χ4n) is 2.27. The van der Waals surface area contributed by atoms with Gasteiger partial charge in [-0.05, 0) is 12.1 Å². The van der Waals surface area contributed by atoms with Gasteiger partial charge < -0.3 is 0 Å². The van der Waals surface area contributed by atoms with Crippen LogP contribution >= 0.6 is 0 Å². The van der Waals surface area contributed by atoms with Gasteiger partial charge in [0.25, 0.3) is 0 Å². The molecule has 118 valence electrons. The van der Waals surface area contributed by atoms with Gasteiger partial charge in [0.1, 0.15) is 11.5 Å². The second-order valence-corrected chi connectivity index (χ2v) is 4.82. The summed E-state index contributed by atoms with van der Waals surface area (Å²) in [5, 5.41) is 0.291. The van der Waals surface area contributed by atoms with Gasteiger partial charge >= 0.3 is 6.18 Å². The van der Waals surface area contributed by atoms with Gasteiger partial charge in [-0.3, -0.25) is 0 Å². The highest BCUT2D eigenvalue weighted by molar-refractivity contribution is 5.93. The van der Waals surface area contributed by atoms with Crippen molar-refractivity contribution in [2.24, 2.45) is 0 Å². The average molecular weight is 327 g/mol. The lowest BCUT2D eigenvalue weighted by Gasteiger charge is -2.11. The predicted octanol–water partition coefficient (Wildman–Crippen LogP) is 5.34. The highest BCUT2D eigenvalue weighted by Crippen LogP contribution is 2.34. The lowest BCUT2D eigenvalue weighted by molar-refractivity contribution is -0.140. The second-order valence-electron chi connectivity index (χ2n) is 4.82. The first kappa shape index (κ1) is 15.3. The first-order valence-electron chi connectivity index (χ1n) is 6.39.